The van der Waals surface area contributed by atoms with E-state index in [1.54, 1.807) is 0 Å². The predicted octanol–water partition coefficient (Wildman–Crippen LogP) is 1.24. The molecule has 1 atom stereocenters. The molecule has 0 heterocycles. The summed E-state index contributed by atoms with van der Waals surface area (Å²) in [5, 5.41) is 8.37. The predicted molar refractivity (Wildman–Crippen MR) is 41.2 cm³/mol. The Hall–Kier alpha value is -0.760. The molecule has 1 unspecified atom stereocenters. The molecule has 0 saturated heterocycles. The average molecular weight is 193 g/mol. The van der Waals surface area contributed by atoms with E-state index in [4.69, 9.17) is 5.39 Å². The fourth-order valence-corrected chi connectivity index (χ4v) is 1.76. The first kappa shape index (κ1) is 11.2. The van der Waals surface area contributed by atoms with Crippen molar-refractivity contribution in [3.63, 3.8) is 0 Å². The van der Waals surface area contributed by atoms with Gasteiger partial charge in [-0.25, -0.2) is 0 Å². The third-order valence-electron chi connectivity index (χ3n) is 1.28. The Morgan fingerprint density at radius 1 is 1.50 bits per heavy atom. The maximum absolute atomic E-state index is 11.4. The summed E-state index contributed by atoms with van der Waals surface area (Å²) in [4.78, 5) is 13.4. The van der Waals surface area contributed by atoms with Crippen LogP contribution in [0.1, 0.15) is 6.92 Å². The smallest absolute Gasteiger partial charge is 0.306 e. The molecular weight excluding hydrogens is 183 g/mol. The molecule has 0 bridgehead atoms. The van der Waals surface area contributed by atoms with Gasteiger partial charge in [0.15, 0.2) is 0 Å². The molecule has 0 spiro atoms. The number of diazo groups is 1. The van der Waals surface area contributed by atoms with Gasteiger partial charge in [0.1, 0.15) is 4.98 Å². The zero-order valence-corrected chi connectivity index (χ0v) is 7.95. The van der Waals surface area contributed by atoms with Crippen molar-refractivity contribution in [3.8, 4) is 0 Å². The summed E-state index contributed by atoms with van der Waals surface area (Å²) in [5.41, 5.74) is 0. The van der Waals surface area contributed by atoms with Gasteiger partial charge >= 0.3 is 13.4 Å². The summed E-state index contributed by atoms with van der Waals surface area (Å²) in [6, 6.07) is 0. The lowest BCUT2D eigenvalue weighted by atomic mass is 10.5. The highest BCUT2D eigenvalue weighted by Gasteiger charge is 2.49. The Balaban J connectivity index is 4.84. The molecule has 0 N–H and O–H groups in total. The third kappa shape index (κ3) is 2.11. The highest BCUT2D eigenvalue weighted by molar-refractivity contribution is 7.55. The highest BCUT2D eigenvalue weighted by Crippen LogP contribution is 2.52. The van der Waals surface area contributed by atoms with Gasteiger partial charge in [0.2, 0.25) is 11.2 Å². The van der Waals surface area contributed by atoms with Crippen LogP contribution in [0.25, 0.3) is 4.98 Å². The molecule has 0 aromatic carbocycles. The van der Waals surface area contributed by atoms with Gasteiger partial charge in [-0.15, -0.1) is 0 Å². The van der Waals surface area contributed by atoms with Crippen molar-refractivity contribution in [2.75, 3.05) is 14.2 Å². The van der Waals surface area contributed by atoms with Crippen LogP contribution in [0.4, 0.5) is 0 Å². The van der Waals surface area contributed by atoms with E-state index in [0.717, 1.165) is 21.1 Å². The Morgan fingerprint density at radius 3 is 2.00 bits per heavy atom. The van der Waals surface area contributed by atoms with Gasteiger partial charge in [-0.1, -0.05) is 0 Å². The molecule has 0 radical (unpaired) electrons. The molecule has 0 aliphatic carbocycles. The fraction of sp³-hybridized carbons (Fsp3) is 0.800. The van der Waals surface area contributed by atoms with Gasteiger partial charge in [0, 0.05) is 21.1 Å². The maximum Gasteiger partial charge on any atom is 0.466 e. The fourth-order valence-electron chi connectivity index (χ4n) is 0.641. The van der Waals surface area contributed by atoms with Crippen LogP contribution >= 0.6 is 7.60 Å². The zero-order chi connectivity index (χ0) is 9.78. The number of rotatable bonds is 4. The largest absolute Gasteiger partial charge is 0.466 e. The van der Waals surface area contributed by atoms with Gasteiger partial charge in [-0.3, -0.25) is 9.36 Å². The quantitative estimate of drug-likeness (QED) is 0.495. The molecule has 0 aromatic heterocycles. The number of nitrogens with zero attached hydrogens (tertiary/aromatic N) is 2. The van der Waals surface area contributed by atoms with Crippen LogP contribution in [0.3, 0.4) is 0 Å². The van der Waals surface area contributed by atoms with E-state index in [0.29, 0.717) is 0 Å². The summed E-state index contributed by atoms with van der Waals surface area (Å²) in [6.07, 6.45) is 0. The first-order valence-electron chi connectivity index (χ1n) is 3.07. The van der Waals surface area contributed by atoms with Gasteiger partial charge < -0.3 is 9.05 Å². The molecule has 0 fully saturated rings. The van der Waals surface area contributed by atoms with Gasteiger partial charge in [-0.05, 0) is 0 Å². The van der Waals surface area contributed by atoms with Crippen LogP contribution in [0, 0.1) is 5.39 Å². The summed E-state index contributed by atoms with van der Waals surface area (Å²) >= 11 is 0. The van der Waals surface area contributed by atoms with E-state index in [-0.39, 0.29) is 0 Å². The van der Waals surface area contributed by atoms with E-state index >= 15 is 0 Å². The van der Waals surface area contributed by atoms with Gasteiger partial charge in [-0.2, -0.15) is 0 Å². The average Bonchev–Trinajstić information content (AvgIpc) is 2.04. The van der Waals surface area contributed by atoms with Gasteiger partial charge in [0.05, 0.1) is 0 Å². The van der Waals surface area contributed by atoms with Crippen molar-refractivity contribution in [3.05, 3.63) is 4.98 Å². The lowest BCUT2D eigenvalue weighted by Crippen LogP contribution is -2.15. The number of carbonyl (C=O) groups is 1. The standard InChI is InChI=1S/C5H10N2O4P/c1-4(8)5(7-6)12(9,10-2)11-3/h5H,1-3H3/q+1. The van der Waals surface area contributed by atoms with Crippen LogP contribution in [0.5, 0.6) is 0 Å². The van der Waals surface area contributed by atoms with Crippen LogP contribution in [0.2, 0.25) is 0 Å². The minimum absolute atomic E-state index is 0.579. The van der Waals surface area contributed by atoms with E-state index in [1.165, 1.54) is 0 Å². The minimum Gasteiger partial charge on any atom is -0.306 e. The molecule has 0 rings (SSSR count). The second-order valence-corrected chi connectivity index (χ2v) is 4.30. The Bertz CT molecular complexity index is 251. The molecule has 68 valence electrons. The number of carbonyl (C=O) groups excluding carboxylic acids is 1. The third-order valence-corrected chi connectivity index (χ3v) is 3.37. The molecule has 0 aromatic rings. The van der Waals surface area contributed by atoms with Crippen molar-refractivity contribution in [1.29, 1.82) is 5.39 Å². The normalized spacial score (nSPS) is 13.5. The topological polar surface area (TPSA) is 80.8 Å². The Morgan fingerprint density at radius 2 is 1.92 bits per heavy atom. The summed E-state index contributed by atoms with van der Waals surface area (Å²) in [7, 11) is -1.38. The van der Waals surface area contributed by atoms with Crippen molar-refractivity contribution in [2.24, 2.45) is 0 Å². The van der Waals surface area contributed by atoms with Crippen LogP contribution < -0.4 is 0 Å². The van der Waals surface area contributed by atoms with E-state index < -0.39 is 19.2 Å². The molecule has 7 heteroatoms. The molecule has 0 amide bonds. The molecule has 12 heavy (non-hydrogen) atoms. The van der Waals surface area contributed by atoms with Crippen molar-refractivity contribution >= 4 is 13.4 Å². The first-order valence-corrected chi connectivity index (χ1v) is 4.69. The van der Waals surface area contributed by atoms with E-state index in [2.05, 4.69) is 14.0 Å². The molecule has 0 saturated carbocycles. The lowest BCUT2D eigenvalue weighted by Gasteiger charge is -2.08. The first-order chi connectivity index (χ1) is 5.51. The number of hydrogen-bond acceptors (Lipinski definition) is 5. The van der Waals surface area contributed by atoms with E-state index in [9.17, 15) is 9.36 Å². The van der Waals surface area contributed by atoms with Crippen molar-refractivity contribution in [2.45, 2.75) is 12.7 Å². The zero-order valence-electron chi connectivity index (χ0n) is 7.05. The number of Topliss-reactive ketones (excluding diaryl/α,β-unsaturated/α-hetero) is 1. The van der Waals surface area contributed by atoms with Crippen LogP contribution in [-0.2, 0) is 18.4 Å². The van der Waals surface area contributed by atoms with E-state index in [1.807, 2.05) is 0 Å². The second kappa shape index (κ2) is 4.31. The number of ketones is 1. The SMILES string of the molecule is COP(=O)(OC)C([N+]#N)C(C)=O. The van der Waals surface area contributed by atoms with Gasteiger partial charge in [0.25, 0.3) is 0 Å². The molecule has 0 aliphatic rings. The van der Waals surface area contributed by atoms with Crippen molar-refractivity contribution in [1.82, 2.24) is 0 Å². The second-order valence-electron chi connectivity index (χ2n) is 2.00. The van der Waals surface area contributed by atoms with Crippen LogP contribution in [0.15, 0.2) is 0 Å². The summed E-state index contributed by atoms with van der Waals surface area (Å²) in [6.45, 7) is 1.13. The molecule has 6 nitrogen and oxygen atoms in total. The summed E-state index contributed by atoms with van der Waals surface area (Å²) < 4.78 is 20.3. The maximum atomic E-state index is 11.4. The lowest BCUT2D eigenvalue weighted by molar-refractivity contribution is -0.116. The van der Waals surface area contributed by atoms with Crippen LogP contribution in [-0.4, -0.2) is 25.8 Å². The highest BCUT2D eigenvalue weighted by atomic mass is 31.2. The Kier molecular flexibility index (Phi) is 4.04. The minimum atomic E-state index is -3.61. The summed E-state index contributed by atoms with van der Waals surface area (Å²) in [5.74, 6) is -2.03. The molecular formula is C5H10N2O4P+. The molecule has 0 aliphatic heterocycles. The number of hydrogen-bond donors (Lipinski definition) is 0. The monoisotopic (exact) mass is 193 g/mol. The Labute approximate surface area is 70.0 Å². The van der Waals surface area contributed by atoms with Crippen molar-refractivity contribution < 1.29 is 18.4 Å².